The van der Waals surface area contributed by atoms with Crippen LogP contribution in [0, 0.1) is 23.2 Å². The summed E-state index contributed by atoms with van der Waals surface area (Å²) in [5.74, 6) is -0.954. The van der Waals surface area contributed by atoms with Gasteiger partial charge in [-0.25, -0.2) is 4.90 Å². The van der Waals surface area contributed by atoms with E-state index in [1.165, 1.54) is 27.5 Å². The van der Waals surface area contributed by atoms with Crippen LogP contribution in [0.5, 0.6) is 0 Å². The smallest absolute Gasteiger partial charge is 0.241 e. The minimum atomic E-state index is -0.329. The molecule has 2 bridgehead atoms. The van der Waals surface area contributed by atoms with Crippen molar-refractivity contribution in [3.8, 4) is 6.07 Å². The maximum atomic E-state index is 13.0. The van der Waals surface area contributed by atoms with E-state index >= 15 is 0 Å². The first kappa shape index (κ1) is 14.6. The maximum Gasteiger partial charge on any atom is 0.241 e. The third-order valence-corrected chi connectivity index (χ3v) is 7.28. The molecule has 1 aliphatic carbocycles. The van der Waals surface area contributed by atoms with Crippen LogP contribution in [0.2, 0.25) is 0 Å². The van der Waals surface area contributed by atoms with Gasteiger partial charge in [0.15, 0.2) is 0 Å². The summed E-state index contributed by atoms with van der Waals surface area (Å²) in [4.78, 5) is 28.4. The number of rotatable bonds is 1. The zero-order chi connectivity index (χ0) is 16.4. The molecular formula is C18H18N2O3S. The number of carbonyl (C=O) groups is 2. The molecule has 5 rings (SSSR count). The highest BCUT2D eigenvalue weighted by molar-refractivity contribution is 7.17. The third kappa shape index (κ3) is 1.77. The normalized spacial score (nSPS) is 34.2. The highest BCUT2D eigenvalue weighted by Crippen LogP contribution is 2.51. The molecule has 124 valence electrons. The number of thiophene rings is 1. The van der Waals surface area contributed by atoms with Crippen LogP contribution in [-0.4, -0.2) is 24.0 Å². The second-order valence-corrected chi connectivity index (χ2v) is 8.29. The highest BCUT2D eigenvalue weighted by Gasteiger charge is 2.63. The fraction of sp³-hybridized carbons (Fsp3) is 0.611. The van der Waals surface area contributed by atoms with Gasteiger partial charge in [0, 0.05) is 4.88 Å². The lowest BCUT2D eigenvalue weighted by Gasteiger charge is -2.16. The molecule has 0 unspecified atom stereocenters. The monoisotopic (exact) mass is 342 g/mol. The van der Waals surface area contributed by atoms with Crippen LogP contribution in [0.15, 0.2) is 0 Å². The molecule has 4 heterocycles. The summed E-state index contributed by atoms with van der Waals surface area (Å²) >= 11 is 1.49. The Morgan fingerprint density at radius 2 is 1.71 bits per heavy atom. The number of hydrogen-bond donors (Lipinski definition) is 0. The number of ether oxygens (including phenoxy) is 1. The third-order valence-electron chi connectivity index (χ3n) is 6.00. The van der Waals surface area contributed by atoms with Crippen molar-refractivity contribution in [3.05, 3.63) is 16.0 Å². The molecule has 0 spiro atoms. The fourth-order valence-electron chi connectivity index (χ4n) is 4.91. The van der Waals surface area contributed by atoms with E-state index in [9.17, 15) is 14.9 Å². The van der Waals surface area contributed by atoms with Gasteiger partial charge in [-0.15, -0.1) is 11.3 Å². The number of imide groups is 1. The number of hydrogen-bond acceptors (Lipinski definition) is 5. The number of aryl methyl sites for hydroxylation is 1. The van der Waals surface area contributed by atoms with Crippen LogP contribution in [0.3, 0.4) is 0 Å². The lowest BCUT2D eigenvalue weighted by molar-refractivity contribution is -0.124. The average Bonchev–Trinajstić information content (AvgIpc) is 3.28. The molecule has 1 aromatic heterocycles. The van der Waals surface area contributed by atoms with Crippen molar-refractivity contribution in [1.82, 2.24) is 0 Å². The predicted octanol–water partition coefficient (Wildman–Crippen LogP) is 2.56. The first-order valence-electron chi connectivity index (χ1n) is 8.78. The van der Waals surface area contributed by atoms with Gasteiger partial charge in [0.25, 0.3) is 0 Å². The highest BCUT2D eigenvalue weighted by atomic mass is 32.1. The van der Waals surface area contributed by atoms with E-state index in [-0.39, 0.29) is 35.9 Å². The van der Waals surface area contributed by atoms with E-state index < -0.39 is 0 Å². The SMILES string of the molecule is N#Cc1c(N2C(=O)[C@@H]3[C@@H](C2=O)[C@H]2CC[C@@H]3O2)sc2c1CCCCC2. The summed E-state index contributed by atoms with van der Waals surface area (Å²) in [6, 6.07) is 2.29. The average molecular weight is 342 g/mol. The zero-order valence-electron chi connectivity index (χ0n) is 13.3. The first-order chi connectivity index (χ1) is 11.7. The topological polar surface area (TPSA) is 70.4 Å². The van der Waals surface area contributed by atoms with E-state index in [1.807, 2.05) is 0 Å². The molecule has 4 aliphatic rings. The van der Waals surface area contributed by atoms with Crippen LogP contribution >= 0.6 is 11.3 Å². The Morgan fingerprint density at radius 3 is 2.38 bits per heavy atom. The molecule has 1 aromatic rings. The minimum absolute atomic E-state index is 0.107. The molecule has 0 radical (unpaired) electrons. The summed E-state index contributed by atoms with van der Waals surface area (Å²) in [7, 11) is 0. The fourth-order valence-corrected chi connectivity index (χ4v) is 6.26. The van der Waals surface area contributed by atoms with Crippen LogP contribution in [0.4, 0.5) is 5.00 Å². The van der Waals surface area contributed by atoms with E-state index in [2.05, 4.69) is 6.07 Å². The summed E-state index contributed by atoms with van der Waals surface area (Å²) < 4.78 is 5.79. The molecule has 2 amide bonds. The molecule has 5 nitrogen and oxygen atoms in total. The van der Waals surface area contributed by atoms with Crippen molar-refractivity contribution in [2.75, 3.05) is 4.90 Å². The quantitative estimate of drug-likeness (QED) is 0.581. The molecule has 3 fully saturated rings. The Morgan fingerprint density at radius 1 is 1.04 bits per heavy atom. The van der Waals surface area contributed by atoms with Gasteiger partial charge in [-0.2, -0.15) is 5.26 Å². The molecule has 3 saturated heterocycles. The molecule has 6 heteroatoms. The molecule has 0 saturated carbocycles. The van der Waals surface area contributed by atoms with Gasteiger partial charge in [0.2, 0.25) is 11.8 Å². The van der Waals surface area contributed by atoms with Gasteiger partial charge in [-0.1, -0.05) is 6.42 Å². The van der Waals surface area contributed by atoms with Gasteiger partial charge in [-0.05, 0) is 44.1 Å². The number of carbonyl (C=O) groups excluding carboxylic acids is 2. The van der Waals surface area contributed by atoms with Crippen molar-refractivity contribution in [3.63, 3.8) is 0 Å². The summed E-state index contributed by atoms with van der Waals surface area (Å²) in [6.45, 7) is 0. The Kier molecular flexibility index (Phi) is 3.13. The van der Waals surface area contributed by atoms with E-state index in [0.717, 1.165) is 44.1 Å². The summed E-state index contributed by atoms with van der Waals surface area (Å²) in [6.07, 6.45) is 6.71. The second-order valence-electron chi connectivity index (χ2n) is 7.21. The molecule has 24 heavy (non-hydrogen) atoms. The largest absolute Gasteiger partial charge is 0.373 e. The van der Waals surface area contributed by atoms with Crippen molar-refractivity contribution in [1.29, 1.82) is 5.26 Å². The molecule has 3 aliphatic heterocycles. The van der Waals surface area contributed by atoms with Gasteiger partial charge in [-0.3, -0.25) is 9.59 Å². The van der Waals surface area contributed by atoms with E-state index in [1.54, 1.807) is 0 Å². The Hall–Kier alpha value is -1.71. The lowest BCUT2D eigenvalue weighted by Crippen LogP contribution is -2.34. The molecular weight excluding hydrogens is 324 g/mol. The number of fused-ring (bicyclic) bond motifs is 6. The Labute approximate surface area is 144 Å². The van der Waals surface area contributed by atoms with E-state index in [0.29, 0.717) is 10.6 Å². The maximum absolute atomic E-state index is 13.0. The number of anilines is 1. The van der Waals surface area contributed by atoms with Crippen LogP contribution < -0.4 is 4.90 Å². The van der Waals surface area contributed by atoms with Gasteiger partial charge >= 0.3 is 0 Å². The van der Waals surface area contributed by atoms with Crippen molar-refractivity contribution in [2.24, 2.45) is 11.8 Å². The van der Waals surface area contributed by atoms with E-state index in [4.69, 9.17) is 4.74 Å². The molecule has 0 N–H and O–H groups in total. The van der Waals surface area contributed by atoms with Gasteiger partial charge < -0.3 is 4.74 Å². The van der Waals surface area contributed by atoms with Gasteiger partial charge in [0.1, 0.15) is 11.1 Å². The zero-order valence-corrected chi connectivity index (χ0v) is 14.1. The molecule has 4 atom stereocenters. The lowest BCUT2D eigenvalue weighted by atomic mass is 9.81. The second kappa shape index (κ2) is 5.14. The van der Waals surface area contributed by atoms with Crippen LogP contribution in [-0.2, 0) is 27.2 Å². The predicted molar refractivity (Wildman–Crippen MR) is 87.7 cm³/mol. The summed E-state index contributed by atoms with van der Waals surface area (Å²) in [5.41, 5.74) is 1.64. The standard InChI is InChI=1S/C18H18N2O3S/c19-8-10-9-4-2-1-3-5-13(9)24-18(10)20-16(21)14-11-6-7-12(23-11)15(14)17(20)22/h11-12,14-15H,1-7H2/t11-,12+,14-,15-/m0/s1. The number of nitrogens with zero attached hydrogens (tertiary/aromatic N) is 2. The first-order valence-corrected chi connectivity index (χ1v) is 9.60. The number of amides is 2. The van der Waals surface area contributed by atoms with Crippen LogP contribution in [0.1, 0.15) is 48.1 Å². The molecule has 0 aromatic carbocycles. The van der Waals surface area contributed by atoms with Crippen molar-refractivity contribution in [2.45, 2.75) is 57.2 Å². The van der Waals surface area contributed by atoms with Gasteiger partial charge in [0.05, 0.1) is 29.6 Å². The van der Waals surface area contributed by atoms with Crippen LogP contribution in [0.25, 0.3) is 0 Å². The Balaban J connectivity index is 1.59. The van der Waals surface area contributed by atoms with Crippen molar-refractivity contribution < 1.29 is 14.3 Å². The number of nitriles is 1. The summed E-state index contributed by atoms with van der Waals surface area (Å²) in [5, 5.41) is 10.3. The van der Waals surface area contributed by atoms with Crippen molar-refractivity contribution >= 4 is 28.2 Å². The minimum Gasteiger partial charge on any atom is -0.373 e. The Bertz CT molecular complexity index is 765.